The highest BCUT2D eigenvalue weighted by atomic mass is 19.1. The lowest BCUT2D eigenvalue weighted by Crippen LogP contribution is -2.27. The Morgan fingerprint density at radius 3 is 2.35 bits per heavy atom. The van der Waals surface area contributed by atoms with Gasteiger partial charge in [-0.3, -0.25) is 4.79 Å². The second kappa shape index (κ2) is 10.5. The minimum Gasteiger partial charge on any atom is -0.460 e. The summed E-state index contributed by atoms with van der Waals surface area (Å²) < 4.78 is 21.0. The second-order valence-electron chi connectivity index (χ2n) is 9.85. The lowest BCUT2D eigenvalue weighted by Gasteiger charge is -2.21. The van der Waals surface area contributed by atoms with Crippen LogP contribution in [0, 0.1) is 5.82 Å². The van der Waals surface area contributed by atoms with Crippen molar-refractivity contribution in [3.05, 3.63) is 66.1 Å². The highest BCUT2D eigenvalue weighted by Gasteiger charge is 2.22. The molecule has 0 aliphatic heterocycles. The quantitative estimate of drug-likeness (QED) is 0.406. The number of nitrogens with zero attached hydrogens (tertiary/aromatic N) is 1. The molecule has 0 aliphatic rings. The van der Waals surface area contributed by atoms with Crippen LogP contribution in [0.4, 0.5) is 4.39 Å². The van der Waals surface area contributed by atoms with E-state index in [1.807, 2.05) is 30.3 Å². The van der Waals surface area contributed by atoms with Gasteiger partial charge < -0.3 is 19.5 Å². The molecule has 2 aromatic carbocycles. The molecule has 34 heavy (non-hydrogen) atoms. The Bertz CT molecular complexity index is 1160. The molecule has 182 valence electrons. The van der Waals surface area contributed by atoms with Crippen LogP contribution in [-0.2, 0) is 9.53 Å². The van der Waals surface area contributed by atoms with Gasteiger partial charge in [0, 0.05) is 34.6 Å². The van der Waals surface area contributed by atoms with E-state index in [9.17, 15) is 19.4 Å². The first-order chi connectivity index (χ1) is 16.0. The van der Waals surface area contributed by atoms with Gasteiger partial charge in [-0.15, -0.1) is 0 Å². The largest absolute Gasteiger partial charge is 0.460 e. The van der Waals surface area contributed by atoms with Gasteiger partial charge in [-0.1, -0.05) is 36.4 Å². The molecule has 0 amide bonds. The minimum atomic E-state index is -1.03. The number of aliphatic hydroxyl groups is 2. The molecule has 0 saturated carbocycles. The van der Waals surface area contributed by atoms with Crippen molar-refractivity contribution in [2.75, 3.05) is 0 Å². The van der Waals surface area contributed by atoms with E-state index in [4.69, 9.17) is 4.74 Å². The van der Waals surface area contributed by atoms with Gasteiger partial charge in [0.2, 0.25) is 0 Å². The van der Waals surface area contributed by atoms with Gasteiger partial charge in [0.1, 0.15) is 11.4 Å². The van der Waals surface area contributed by atoms with E-state index in [1.54, 1.807) is 39.0 Å². The molecule has 1 aromatic heterocycles. The Balaban J connectivity index is 1.91. The maximum absolute atomic E-state index is 13.6. The second-order valence-corrected chi connectivity index (χ2v) is 9.85. The number of fused-ring (bicyclic) bond motifs is 1. The first kappa shape index (κ1) is 25.7. The van der Waals surface area contributed by atoms with Crippen molar-refractivity contribution >= 4 is 22.9 Å². The fourth-order valence-corrected chi connectivity index (χ4v) is 4.14. The topological polar surface area (TPSA) is 71.7 Å². The van der Waals surface area contributed by atoms with Crippen LogP contribution in [0.1, 0.15) is 59.2 Å². The summed E-state index contributed by atoms with van der Waals surface area (Å²) in [7, 11) is 0. The number of esters is 1. The van der Waals surface area contributed by atoms with Gasteiger partial charge in [-0.25, -0.2) is 4.39 Å². The molecule has 2 atom stereocenters. The lowest BCUT2D eigenvalue weighted by molar-refractivity contribution is -0.157. The molecule has 0 unspecified atom stereocenters. The summed E-state index contributed by atoms with van der Waals surface area (Å²) in [6.45, 7) is 9.46. The fourth-order valence-electron chi connectivity index (χ4n) is 4.14. The summed E-state index contributed by atoms with van der Waals surface area (Å²) in [5.41, 5.74) is 3.11. The molecule has 3 rings (SSSR count). The van der Waals surface area contributed by atoms with Crippen molar-refractivity contribution in [1.29, 1.82) is 0 Å². The molecule has 3 aromatic rings. The van der Waals surface area contributed by atoms with Gasteiger partial charge in [-0.2, -0.15) is 0 Å². The molecular weight excluding hydrogens is 433 g/mol. The molecule has 5 nitrogen and oxygen atoms in total. The predicted octanol–water partition coefficient (Wildman–Crippen LogP) is 5.89. The summed E-state index contributed by atoms with van der Waals surface area (Å²) in [5, 5.41) is 21.9. The van der Waals surface area contributed by atoms with E-state index in [0.29, 0.717) is 0 Å². The first-order valence-corrected chi connectivity index (χ1v) is 11.6. The van der Waals surface area contributed by atoms with E-state index in [-0.39, 0.29) is 24.7 Å². The van der Waals surface area contributed by atoms with Gasteiger partial charge in [0.15, 0.2) is 0 Å². The van der Waals surface area contributed by atoms with Crippen LogP contribution in [-0.4, -0.2) is 38.6 Å². The maximum Gasteiger partial charge on any atom is 0.308 e. The third-order valence-electron chi connectivity index (χ3n) is 5.41. The highest BCUT2D eigenvalue weighted by molar-refractivity contribution is 6.01. The van der Waals surface area contributed by atoms with Crippen LogP contribution >= 0.6 is 0 Å². The average Bonchev–Trinajstić information content (AvgIpc) is 3.05. The van der Waals surface area contributed by atoms with Crippen LogP contribution in [0.2, 0.25) is 0 Å². The van der Waals surface area contributed by atoms with E-state index in [2.05, 4.69) is 18.4 Å². The molecule has 0 aliphatic carbocycles. The van der Waals surface area contributed by atoms with E-state index >= 15 is 0 Å². The zero-order valence-electron chi connectivity index (χ0n) is 20.5. The summed E-state index contributed by atoms with van der Waals surface area (Å²) in [6.07, 6.45) is 1.29. The number of aromatic nitrogens is 1. The maximum atomic E-state index is 13.6. The van der Waals surface area contributed by atoms with Crippen LogP contribution < -0.4 is 0 Å². The minimum absolute atomic E-state index is 0.00350. The molecule has 0 bridgehead atoms. The number of carbonyl (C=O) groups excluding carboxylic acids is 1. The van der Waals surface area contributed by atoms with Crippen molar-refractivity contribution < 1.29 is 24.1 Å². The number of benzene rings is 2. The Morgan fingerprint density at radius 2 is 1.74 bits per heavy atom. The van der Waals surface area contributed by atoms with Gasteiger partial charge in [-0.05, 0) is 64.5 Å². The summed E-state index contributed by atoms with van der Waals surface area (Å²) >= 11 is 0. The number of para-hydroxylation sites is 1. The third kappa shape index (κ3) is 6.33. The van der Waals surface area contributed by atoms with Crippen LogP contribution in [0.3, 0.4) is 0 Å². The molecule has 2 N–H and O–H groups in total. The number of carbonyl (C=O) groups is 1. The van der Waals surface area contributed by atoms with Crippen molar-refractivity contribution in [3.63, 3.8) is 0 Å². The molecule has 0 spiro atoms. The summed E-state index contributed by atoms with van der Waals surface area (Å²) in [5.74, 6) is -0.808. The van der Waals surface area contributed by atoms with Gasteiger partial charge in [0.25, 0.3) is 0 Å². The fraction of sp³-hybridized carbons (Fsp3) is 0.393. The van der Waals surface area contributed by atoms with Crippen LogP contribution in [0.15, 0.2) is 54.6 Å². The summed E-state index contributed by atoms with van der Waals surface area (Å²) in [6, 6.07) is 14.5. The van der Waals surface area contributed by atoms with Crippen molar-refractivity contribution in [2.45, 2.75) is 71.3 Å². The SMILES string of the molecule is CC(C)n1c(C=C[C@H](O)C[C@H](O)CC(=O)OC(C)(C)C)c(-c2ccc(F)cc2)c2ccccc21. The zero-order chi connectivity index (χ0) is 25.0. The third-order valence-corrected chi connectivity index (χ3v) is 5.41. The molecule has 1 heterocycles. The van der Waals surface area contributed by atoms with E-state index in [1.165, 1.54) is 12.1 Å². The summed E-state index contributed by atoms with van der Waals surface area (Å²) in [4.78, 5) is 12.0. The normalized spacial score (nSPS) is 14.1. The smallest absolute Gasteiger partial charge is 0.308 e. The van der Waals surface area contributed by atoms with Crippen LogP contribution in [0.25, 0.3) is 28.1 Å². The number of hydrogen-bond donors (Lipinski definition) is 2. The predicted molar refractivity (Wildman–Crippen MR) is 134 cm³/mol. The van der Waals surface area contributed by atoms with Crippen molar-refractivity contribution in [2.24, 2.45) is 0 Å². The van der Waals surface area contributed by atoms with Gasteiger partial charge in [0.05, 0.1) is 18.6 Å². The highest BCUT2D eigenvalue weighted by Crippen LogP contribution is 2.38. The van der Waals surface area contributed by atoms with E-state index < -0.39 is 23.8 Å². The molecule has 0 fully saturated rings. The average molecular weight is 468 g/mol. The number of rotatable bonds is 8. The number of aliphatic hydroxyl groups excluding tert-OH is 2. The van der Waals surface area contributed by atoms with E-state index in [0.717, 1.165) is 27.7 Å². The lowest BCUT2D eigenvalue weighted by atomic mass is 10.0. The van der Waals surface area contributed by atoms with Crippen molar-refractivity contribution in [1.82, 2.24) is 4.57 Å². The number of ether oxygens (including phenoxy) is 1. The molecule has 0 saturated heterocycles. The Hall–Kier alpha value is -2.96. The Kier molecular flexibility index (Phi) is 7.95. The molecule has 0 radical (unpaired) electrons. The zero-order valence-corrected chi connectivity index (χ0v) is 20.5. The molecular formula is C28H34FNO4. The standard InChI is InChI=1S/C28H34FNO4/c1-18(2)30-24-9-7-6-8-23(24)27(19-10-12-20(29)13-11-19)25(30)15-14-21(31)16-22(32)17-26(33)34-28(3,4)5/h6-15,18,21-22,31-32H,16-17H2,1-5H3/t21-,22-/m0/s1. The van der Waals surface area contributed by atoms with Gasteiger partial charge >= 0.3 is 5.97 Å². The van der Waals surface area contributed by atoms with Crippen molar-refractivity contribution in [3.8, 4) is 11.1 Å². The van der Waals surface area contributed by atoms with Crippen LogP contribution in [0.5, 0.6) is 0 Å². The number of halogens is 1. The Morgan fingerprint density at radius 1 is 1.09 bits per heavy atom. The molecule has 6 heteroatoms. The Labute approximate surface area is 200 Å². The number of hydrogen-bond acceptors (Lipinski definition) is 4. The first-order valence-electron chi connectivity index (χ1n) is 11.6. The monoisotopic (exact) mass is 467 g/mol.